The van der Waals surface area contributed by atoms with E-state index in [-0.39, 0.29) is 0 Å². The second-order valence-corrected chi connectivity index (χ2v) is 7.30. The van der Waals surface area contributed by atoms with Gasteiger partial charge in [-0.05, 0) is 50.4 Å². The lowest BCUT2D eigenvalue weighted by Crippen LogP contribution is -2.61. The van der Waals surface area contributed by atoms with Gasteiger partial charge in [0, 0.05) is 11.5 Å². The minimum Gasteiger partial charge on any atom is -0.374 e. The van der Waals surface area contributed by atoms with Gasteiger partial charge in [0.05, 0.1) is 12.2 Å². The highest BCUT2D eigenvalue weighted by Crippen LogP contribution is 2.54. The van der Waals surface area contributed by atoms with Crippen LogP contribution in [-0.2, 0) is 4.74 Å². The Morgan fingerprint density at radius 1 is 1.00 bits per heavy atom. The Morgan fingerprint density at radius 3 is 2.33 bits per heavy atom. The molecule has 0 amide bonds. The molecule has 3 aliphatic rings. The predicted molar refractivity (Wildman–Crippen MR) is 74.3 cm³/mol. The number of hydrogen-bond donors (Lipinski definition) is 1. The summed E-state index contributed by atoms with van der Waals surface area (Å²) in [5.74, 6) is 1.71. The first kappa shape index (κ1) is 12.9. The fourth-order valence-corrected chi connectivity index (χ4v) is 4.55. The average Bonchev–Trinajstić information content (AvgIpc) is 2.85. The molecular formula is C16H29NO. The van der Waals surface area contributed by atoms with Crippen LogP contribution in [0.15, 0.2) is 0 Å². The molecule has 1 spiro atoms. The number of rotatable bonds is 2. The summed E-state index contributed by atoms with van der Waals surface area (Å²) in [6.45, 7) is 4.77. The Labute approximate surface area is 112 Å². The molecular weight excluding hydrogens is 222 g/mol. The van der Waals surface area contributed by atoms with Crippen LogP contribution < -0.4 is 5.73 Å². The minimum absolute atomic E-state index is 0.381. The third-order valence-corrected chi connectivity index (χ3v) is 6.29. The van der Waals surface area contributed by atoms with Gasteiger partial charge in [0.15, 0.2) is 0 Å². The summed E-state index contributed by atoms with van der Waals surface area (Å²) < 4.78 is 6.47. The maximum atomic E-state index is 6.47. The van der Waals surface area contributed by atoms with Crippen molar-refractivity contribution in [2.45, 2.75) is 83.5 Å². The molecule has 3 rings (SSSR count). The quantitative estimate of drug-likeness (QED) is 0.815. The summed E-state index contributed by atoms with van der Waals surface area (Å²) in [4.78, 5) is 0. The van der Waals surface area contributed by atoms with Crippen molar-refractivity contribution in [2.75, 3.05) is 0 Å². The fourth-order valence-electron chi connectivity index (χ4n) is 4.55. The zero-order valence-corrected chi connectivity index (χ0v) is 12.0. The van der Waals surface area contributed by atoms with Gasteiger partial charge >= 0.3 is 0 Å². The van der Waals surface area contributed by atoms with E-state index in [9.17, 15) is 0 Å². The van der Waals surface area contributed by atoms with Gasteiger partial charge in [0.25, 0.3) is 0 Å². The monoisotopic (exact) mass is 251 g/mol. The molecule has 0 aromatic heterocycles. The molecule has 3 aliphatic carbocycles. The van der Waals surface area contributed by atoms with Crippen molar-refractivity contribution in [3.05, 3.63) is 0 Å². The highest BCUT2D eigenvalue weighted by Gasteiger charge is 2.55. The van der Waals surface area contributed by atoms with Crippen LogP contribution in [0.25, 0.3) is 0 Å². The van der Waals surface area contributed by atoms with Crippen molar-refractivity contribution < 1.29 is 4.74 Å². The van der Waals surface area contributed by atoms with Crippen LogP contribution >= 0.6 is 0 Å². The topological polar surface area (TPSA) is 35.2 Å². The summed E-state index contributed by atoms with van der Waals surface area (Å²) >= 11 is 0. The van der Waals surface area contributed by atoms with E-state index in [0.717, 1.165) is 18.3 Å². The highest BCUT2D eigenvalue weighted by molar-refractivity contribution is 5.09. The van der Waals surface area contributed by atoms with Gasteiger partial charge in [-0.2, -0.15) is 0 Å². The van der Waals surface area contributed by atoms with Gasteiger partial charge in [-0.3, -0.25) is 0 Å². The van der Waals surface area contributed by atoms with E-state index < -0.39 is 0 Å². The van der Waals surface area contributed by atoms with Gasteiger partial charge < -0.3 is 10.5 Å². The van der Waals surface area contributed by atoms with Gasteiger partial charge in [-0.1, -0.05) is 26.7 Å². The first-order valence-electron chi connectivity index (χ1n) is 8.03. The molecule has 3 fully saturated rings. The van der Waals surface area contributed by atoms with Crippen LogP contribution in [0.4, 0.5) is 0 Å². The first-order valence-corrected chi connectivity index (χ1v) is 8.03. The maximum Gasteiger partial charge on any atom is 0.0664 e. The largest absolute Gasteiger partial charge is 0.374 e. The normalized spacial score (nSPS) is 47.2. The molecule has 0 heterocycles. The fraction of sp³-hybridized carbons (Fsp3) is 1.00. The molecule has 0 bridgehead atoms. The summed E-state index contributed by atoms with van der Waals surface area (Å²) in [6.07, 6.45) is 11.4. The van der Waals surface area contributed by atoms with Crippen LogP contribution in [-0.4, -0.2) is 18.2 Å². The van der Waals surface area contributed by atoms with Crippen molar-refractivity contribution in [2.24, 2.45) is 23.0 Å². The Balaban J connectivity index is 1.57. The Bertz CT molecular complexity index is 297. The molecule has 3 saturated carbocycles. The van der Waals surface area contributed by atoms with E-state index in [2.05, 4.69) is 13.8 Å². The molecule has 2 nitrogen and oxygen atoms in total. The minimum atomic E-state index is 0.381. The van der Waals surface area contributed by atoms with Crippen molar-refractivity contribution in [1.29, 1.82) is 0 Å². The Hall–Kier alpha value is -0.0800. The summed E-state index contributed by atoms with van der Waals surface area (Å²) in [5, 5.41) is 0. The predicted octanol–water partition coefficient (Wildman–Crippen LogP) is 3.49. The van der Waals surface area contributed by atoms with Crippen molar-refractivity contribution in [1.82, 2.24) is 0 Å². The zero-order valence-electron chi connectivity index (χ0n) is 12.0. The lowest BCUT2D eigenvalue weighted by Gasteiger charge is -2.54. The van der Waals surface area contributed by atoms with Crippen molar-refractivity contribution in [3.8, 4) is 0 Å². The van der Waals surface area contributed by atoms with E-state index in [1.807, 2.05) is 0 Å². The average molecular weight is 251 g/mol. The lowest BCUT2D eigenvalue weighted by molar-refractivity contribution is -0.164. The second-order valence-electron chi connectivity index (χ2n) is 7.30. The smallest absolute Gasteiger partial charge is 0.0664 e. The van der Waals surface area contributed by atoms with Gasteiger partial charge in [-0.15, -0.1) is 0 Å². The molecule has 0 saturated heterocycles. The van der Waals surface area contributed by atoms with Crippen LogP contribution in [0.2, 0.25) is 0 Å². The maximum absolute atomic E-state index is 6.47. The lowest BCUT2D eigenvalue weighted by atomic mass is 9.61. The Kier molecular flexibility index (Phi) is 3.44. The van der Waals surface area contributed by atoms with Crippen LogP contribution in [0.5, 0.6) is 0 Å². The molecule has 0 aliphatic heterocycles. The summed E-state index contributed by atoms with van der Waals surface area (Å²) in [6, 6.07) is 0.421. The van der Waals surface area contributed by atoms with Gasteiger partial charge in [0.1, 0.15) is 0 Å². The van der Waals surface area contributed by atoms with Crippen molar-refractivity contribution in [3.63, 3.8) is 0 Å². The number of nitrogens with two attached hydrogens (primary N) is 1. The van der Waals surface area contributed by atoms with Gasteiger partial charge in [-0.25, -0.2) is 0 Å². The molecule has 0 aromatic rings. The van der Waals surface area contributed by atoms with Crippen LogP contribution in [0, 0.1) is 17.3 Å². The second kappa shape index (κ2) is 4.79. The van der Waals surface area contributed by atoms with E-state index in [4.69, 9.17) is 10.5 Å². The molecule has 0 aromatic carbocycles. The molecule has 18 heavy (non-hydrogen) atoms. The molecule has 5 atom stereocenters. The SMILES string of the molecule is CC1CCC(OC2CC(N)C23CCCC3)CC1C. The van der Waals surface area contributed by atoms with Crippen LogP contribution in [0.1, 0.15) is 65.2 Å². The Morgan fingerprint density at radius 2 is 1.72 bits per heavy atom. The van der Waals surface area contributed by atoms with Gasteiger partial charge in [0.2, 0.25) is 0 Å². The third kappa shape index (κ3) is 2.02. The highest BCUT2D eigenvalue weighted by atomic mass is 16.5. The molecule has 2 heteroatoms. The van der Waals surface area contributed by atoms with E-state index in [0.29, 0.717) is 23.7 Å². The van der Waals surface area contributed by atoms with Crippen molar-refractivity contribution >= 4 is 0 Å². The first-order chi connectivity index (χ1) is 8.62. The number of ether oxygens (including phenoxy) is 1. The molecule has 2 N–H and O–H groups in total. The number of hydrogen-bond acceptors (Lipinski definition) is 2. The van der Waals surface area contributed by atoms with E-state index >= 15 is 0 Å². The zero-order chi connectivity index (χ0) is 12.8. The van der Waals surface area contributed by atoms with E-state index in [1.54, 1.807) is 0 Å². The molecule has 5 unspecified atom stereocenters. The van der Waals surface area contributed by atoms with Crippen LogP contribution in [0.3, 0.4) is 0 Å². The summed E-state index contributed by atoms with van der Waals surface area (Å²) in [5.41, 5.74) is 6.66. The molecule has 0 radical (unpaired) electrons. The van der Waals surface area contributed by atoms with E-state index in [1.165, 1.54) is 44.9 Å². The third-order valence-electron chi connectivity index (χ3n) is 6.29. The molecule has 104 valence electrons. The standard InChI is InChI=1S/C16H29NO/c1-11-5-6-13(9-12(11)2)18-15-10-14(17)16(15)7-3-4-8-16/h11-15H,3-10,17H2,1-2H3. The summed E-state index contributed by atoms with van der Waals surface area (Å²) in [7, 11) is 0.